The Hall–Kier alpha value is -1.68. The van der Waals surface area contributed by atoms with Crippen LogP contribution in [0.5, 0.6) is 5.75 Å². The van der Waals surface area contributed by atoms with Gasteiger partial charge in [-0.25, -0.2) is 0 Å². The van der Waals surface area contributed by atoms with Gasteiger partial charge in [0, 0.05) is 23.2 Å². The second-order valence-corrected chi connectivity index (χ2v) is 4.36. The van der Waals surface area contributed by atoms with Crippen molar-refractivity contribution < 1.29 is 9.53 Å². The number of carbonyl (C=O) groups is 1. The molecular weight excluding hydrogens is 282 g/mol. The molecule has 0 aliphatic heterocycles. The van der Waals surface area contributed by atoms with E-state index in [9.17, 15) is 4.79 Å². The van der Waals surface area contributed by atoms with Crippen molar-refractivity contribution in [2.24, 2.45) is 0 Å². The third kappa shape index (κ3) is 2.91. The maximum atomic E-state index is 11.0. The quantitative estimate of drug-likeness (QED) is 0.628. The van der Waals surface area contributed by atoms with E-state index in [1.807, 2.05) is 30.3 Å². The van der Waals surface area contributed by atoms with Crippen LogP contribution in [0.4, 0.5) is 0 Å². The number of hydrogen-bond acceptors (Lipinski definition) is 3. The van der Waals surface area contributed by atoms with Crippen molar-refractivity contribution in [3.05, 3.63) is 47.1 Å². The van der Waals surface area contributed by atoms with Gasteiger partial charge in [-0.2, -0.15) is 0 Å². The lowest BCUT2D eigenvalue weighted by Crippen LogP contribution is -2.02. The highest BCUT2D eigenvalue weighted by atomic mass is 79.9. The molecule has 2 rings (SSSR count). The van der Waals surface area contributed by atoms with Gasteiger partial charge in [0.15, 0.2) is 0 Å². The molecule has 0 radical (unpaired) electrons. The molecule has 3 nitrogen and oxygen atoms in total. The topological polar surface area (TPSA) is 39.2 Å². The van der Waals surface area contributed by atoms with Gasteiger partial charge in [-0.05, 0) is 30.3 Å². The summed E-state index contributed by atoms with van der Waals surface area (Å²) in [7, 11) is 0. The van der Waals surface area contributed by atoms with Crippen LogP contribution in [0.2, 0.25) is 0 Å². The Labute approximate surface area is 108 Å². The van der Waals surface area contributed by atoms with E-state index in [1.54, 1.807) is 12.3 Å². The van der Waals surface area contributed by atoms with Crippen LogP contribution in [0.3, 0.4) is 0 Å². The number of pyridine rings is 1. The summed E-state index contributed by atoms with van der Waals surface area (Å²) in [6.45, 7) is 1.38. The summed E-state index contributed by atoms with van der Waals surface area (Å²) in [5.41, 5.74) is 1.56. The first-order chi connectivity index (χ1) is 8.16. The molecule has 0 saturated carbocycles. The van der Waals surface area contributed by atoms with Crippen LogP contribution in [-0.2, 0) is 4.79 Å². The average molecular weight is 292 g/mol. The molecule has 2 aromatic rings. The lowest BCUT2D eigenvalue weighted by Gasteiger charge is -2.08. The molecule has 0 unspecified atom stereocenters. The number of rotatable bonds is 2. The average Bonchev–Trinajstić information content (AvgIpc) is 2.32. The predicted molar refractivity (Wildman–Crippen MR) is 68.7 cm³/mol. The van der Waals surface area contributed by atoms with E-state index in [-0.39, 0.29) is 5.97 Å². The van der Waals surface area contributed by atoms with E-state index >= 15 is 0 Å². The fourth-order valence-corrected chi connectivity index (χ4v) is 1.83. The fraction of sp³-hybridized carbons (Fsp3) is 0.0769. The zero-order valence-electron chi connectivity index (χ0n) is 9.18. The van der Waals surface area contributed by atoms with Gasteiger partial charge in [0.25, 0.3) is 0 Å². The Morgan fingerprint density at radius 3 is 2.76 bits per heavy atom. The highest BCUT2D eigenvalue weighted by Crippen LogP contribution is 2.31. The standard InChI is InChI=1S/C13H10BrNO2/c1-9(16)17-13-6-5-10(14)8-11(13)12-4-2-3-7-15-12/h2-8H,1H3. The molecule has 0 fully saturated rings. The number of esters is 1. The number of carbonyl (C=O) groups excluding carboxylic acids is 1. The van der Waals surface area contributed by atoms with Crippen molar-refractivity contribution in [2.75, 3.05) is 0 Å². The Morgan fingerprint density at radius 2 is 2.12 bits per heavy atom. The smallest absolute Gasteiger partial charge is 0.308 e. The van der Waals surface area contributed by atoms with E-state index in [2.05, 4.69) is 20.9 Å². The zero-order valence-corrected chi connectivity index (χ0v) is 10.8. The summed E-state index contributed by atoms with van der Waals surface area (Å²) < 4.78 is 6.07. The molecule has 0 amide bonds. The van der Waals surface area contributed by atoms with Gasteiger partial charge in [-0.1, -0.05) is 22.0 Å². The van der Waals surface area contributed by atoms with Crippen molar-refractivity contribution in [1.29, 1.82) is 0 Å². The highest BCUT2D eigenvalue weighted by Gasteiger charge is 2.09. The Balaban J connectivity index is 2.51. The number of hydrogen-bond donors (Lipinski definition) is 0. The minimum atomic E-state index is -0.343. The van der Waals surface area contributed by atoms with Gasteiger partial charge < -0.3 is 4.74 Å². The summed E-state index contributed by atoms with van der Waals surface area (Å²) in [5, 5.41) is 0. The van der Waals surface area contributed by atoms with Gasteiger partial charge in [-0.15, -0.1) is 0 Å². The van der Waals surface area contributed by atoms with E-state index in [0.29, 0.717) is 5.75 Å². The van der Waals surface area contributed by atoms with E-state index in [1.165, 1.54) is 6.92 Å². The maximum Gasteiger partial charge on any atom is 0.308 e. The summed E-state index contributed by atoms with van der Waals surface area (Å²) in [6.07, 6.45) is 1.70. The van der Waals surface area contributed by atoms with Gasteiger partial charge in [0.2, 0.25) is 0 Å². The first kappa shape index (κ1) is 11.8. The number of halogens is 1. The second-order valence-electron chi connectivity index (χ2n) is 3.45. The molecular formula is C13H10BrNO2. The van der Waals surface area contributed by atoms with Crippen LogP contribution in [0.15, 0.2) is 47.1 Å². The summed E-state index contributed by atoms with van der Waals surface area (Å²) in [5.74, 6) is 0.170. The van der Waals surface area contributed by atoms with E-state index in [0.717, 1.165) is 15.7 Å². The summed E-state index contributed by atoms with van der Waals surface area (Å²) in [4.78, 5) is 15.3. The summed E-state index contributed by atoms with van der Waals surface area (Å²) in [6, 6.07) is 11.0. The summed E-state index contributed by atoms with van der Waals surface area (Å²) >= 11 is 3.39. The SMILES string of the molecule is CC(=O)Oc1ccc(Br)cc1-c1ccccn1. The molecule has 0 N–H and O–H groups in total. The highest BCUT2D eigenvalue weighted by molar-refractivity contribution is 9.10. The number of nitrogens with zero attached hydrogens (tertiary/aromatic N) is 1. The largest absolute Gasteiger partial charge is 0.426 e. The van der Waals surface area contributed by atoms with Crippen LogP contribution in [-0.4, -0.2) is 11.0 Å². The molecule has 0 bridgehead atoms. The maximum absolute atomic E-state index is 11.0. The van der Waals surface area contributed by atoms with Crippen LogP contribution < -0.4 is 4.74 Å². The molecule has 0 saturated heterocycles. The minimum Gasteiger partial charge on any atom is -0.426 e. The molecule has 0 atom stereocenters. The van der Waals surface area contributed by atoms with Crippen molar-refractivity contribution in [3.8, 4) is 17.0 Å². The molecule has 1 aromatic carbocycles. The molecule has 1 heterocycles. The fourth-order valence-electron chi connectivity index (χ4n) is 1.47. The molecule has 86 valence electrons. The van der Waals surface area contributed by atoms with Crippen LogP contribution in [0, 0.1) is 0 Å². The van der Waals surface area contributed by atoms with Crippen LogP contribution in [0.25, 0.3) is 11.3 Å². The Morgan fingerprint density at radius 1 is 1.29 bits per heavy atom. The minimum absolute atomic E-state index is 0.343. The third-order valence-electron chi connectivity index (χ3n) is 2.14. The Bertz CT molecular complexity index is 540. The normalized spacial score (nSPS) is 10.0. The van der Waals surface area contributed by atoms with Gasteiger partial charge in [0.1, 0.15) is 5.75 Å². The zero-order chi connectivity index (χ0) is 12.3. The molecule has 0 aliphatic carbocycles. The van der Waals surface area contributed by atoms with Crippen LogP contribution >= 0.6 is 15.9 Å². The van der Waals surface area contributed by atoms with Gasteiger partial charge in [0.05, 0.1) is 5.69 Å². The van der Waals surface area contributed by atoms with Gasteiger partial charge >= 0.3 is 5.97 Å². The lowest BCUT2D eigenvalue weighted by molar-refractivity contribution is -0.131. The van der Waals surface area contributed by atoms with Crippen molar-refractivity contribution in [3.63, 3.8) is 0 Å². The third-order valence-corrected chi connectivity index (χ3v) is 2.63. The van der Waals surface area contributed by atoms with E-state index in [4.69, 9.17) is 4.74 Å². The first-order valence-corrected chi connectivity index (χ1v) is 5.85. The number of aromatic nitrogens is 1. The molecule has 0 spiro atoms. The lowest BCUT2D eigenvalue weighted by atomic mass is 10.1. The molecule has 0 aliphatic rings. The first-order valence-electron chi connectivity index (χ1n) is 5.06. The number of ether oxygens (including phenoxy) is 1. The van der Waals surface area contributed by atoms with E-state index < -0.39 is 0 Å². The molecule has 1 aromatic heterocycles. The molecule has 17 heavy (non-hydrogen) atoms. The molecule has 4 heteroatoms. The second kappa shape index (κ2) is 5.10. The number of benzene rings is 1. The predicted octanol–water partition coefficient (Wildman–Crippen LogP) is 3.44. The monoisotopic (exact) mass is 291 g/mol. The van der Waals surface area contributed by atoms with Crippen molar-refractivity contribution in [2.45, 2.75) is 6.92 Å². The van der Waals surface area contributed by atoms with Crippen molar-refractivity contribution in [1.82, 2.24) is 4.98 Å². The Kier molecular flexibility index (Phi) is 3.54. The van der Waals surface area contributed by atoms with Crippen LogP contribution in [0.1, 0.15) is 6.92 Å². The van der Waals surface area contributed by atoms with Crippen molar-refractivity contribution >= 4 is 21.9 Å². The van der Waals surface area contributed by atoms with Gasteiger partial charge in [-0.3, -0.25) is 9.78 Å².